The van der Waals surface area contributed by atoms with Crippen molar-refractivity contribution in [1.29, 1.82) is 0 Å². The summed E-state index contributed by atoms with van der Waals surface area (Å²) >= 11 is 0. The summed E-state index contributed by atoms with van der Waals surface area (Å²) < 4.78 is 23.2. The summed E-state index contributed by atoms with van der Waals surface area (Å²) in [5.41, 5.74) is -0.960. The van der Waals surface area contributed by atoms with Crippen LogP contribution in [-0.2, 0) is 19.1 Å². The van der Waals surface area contributed by atoms with Crippen LogP contribution in [0.5, 0.6) is 0 Å². The number of carbonyl (C=O) groups excluding carboxylic acids is 3. The number of rotatable bonds is 5. The number of hydrogen-bond acceptors (Lipinski definition) is 5. The topological polar surface area (TPSA) is 81.7 Å². The van der Waals surface area contributed by atoms with Gasteiger partial charge in [0.15, 0.2) is 0 Å². The third-order valence-electron chi connectivity index (χ3n) is 2.70. The average molecular weight is 325 g/mol. The first-order valence-corrected chi connectivity index (χ1v) is 6.99. The van der Waals surface area contributed by atoms with E-state index in [0.717, 1.165) is 13.2 Å². The maximum Gasteiger partial charge on any atom is 0.328 e. The summed E-state index contributed by atoms with van der Waals surface area (Å²) in [4.78, 5) is 35.6. The maximum absolute atomic E-state index is 13.6. The third-order valence-corrected chi connectivity index (χ3v) is 2.70. The van der Waals surface area contributed by atoms with Gasteiger partial charge in [-0.25, -0.2) is 9.18 Å². The quantitative estimate of drug-likeness (QED) is 0.835. The number of carbonyl (C=O) groups is 3. The molecule has 0 spiro atoms. The van der Waals surface area contributed by atoms with E-state index >= 15 is 0 Å². The Kier molecular flexibility index (Phi) is 6.24. The molecule has 0 fully saturated rings. The van der Waals surface area contributed by atoms with Gasteiger partial charge in [0, 0.05) is 0 Å². The highest BCUT2D eigenvalue weighted by Gasteiger charge is 2.28. The molecule has 0 aliphatic rings. The maximum atomic E-state index is 13.6. The van der Waals surface area contributed by atoms with E-state index in [0.29, 0.717) is 0 Å². The molecule has 0 saturated heterocycles. The minimum absolute atomic E-state index is 0.231. The summed E-state index contributed by atoms with van der Waals surface area (Å²) in [7, 11) is 1.12. The van der Waals surface area contributed by atoms with E-state index in [1.807, 2.05) is 0 Å². The molecule has 0 radical (unpaired) electrons. The van der Waals surface area contributed by atoms with Crippen LogP contribution in [0.1, 0.15) is 37.6 Å². The van der Waals surface area contributed by atoms with Gasteiger partial charge in [-0.1, -0.05) is 12.1 Å². The predicted molar refractivity (Wildman–Crippen MR) is 80.1 cm³/mol. The minimum atomic E-state index is -1.26. The van der Waals surface area contributed by atoms with Gasteiger partial charge < -0.3 is 14.8 Å². The van der Waals surface area contributed by atoms with E-state index in [2.05, 4.69) is 10.1 Å². The second kappa shape index (κ2) is 7.71. The summed E-state index contributed by atoms with van der Waals surface area (Å²) in [5, 5.41) is 2.29. The Labute approximate surface area is 134 Å². The Morgan fingerprint density at radius 2 is 1.83 bits per heavy atom. The predicted octanol–water partition coefficient (Wildman–Crippen LogP) is 1.83. The standard InChI is InChI=1S/C16H20FNO5/c1-16(2,3)23-13(19)9-12(15(21)22-4)18-14(20)10-7-5-6-8-11(10)17/h5-8,12H,9H2,1-4H3,(H,18,20)/t12-/m1/s1. The van der Waals surface area contributed by atoms with Crippen LogP contribution in [0.25, 0.3) is 0 Å². The molecule has 0 aromatic heterocycles. The highest BCUT2D eigenvalue weighted by Crippen LogP contribution is 2.11. The summed E-state index contributed by atoms with van der Waals surface area (Å²) in [6.45, 7) is 5.03. The van der Waals surface area contributed by atoms with E-state index in [4.69, 9.17) is 4.74 Å². The van der Waals surface area contributed by atoms with Gasteiger partial charge in [-0.3, -0.25) is 9.59 Å². The lowest BCUT2D eigenvalue weighted by Gasteiger charge is -2.22. The molecule has 0 saturated carbocycles. The largest absolute Gasteiger partial charge is 0.467 e. The molecule has 0 aliphatic heterocycles. The number of ether oxygens (including phenoxy) is 2. The zero-order valence-corrected chi connectivity index (χ0v) is 13.5. The Balaban J connectivity index is 2.83. The molecule has 0 bridgehead atoms. The fourth-order valence-electron chi connectivity index (χ4n) is 1.77. The van der Waals surface area contributed by atoms with Crippen LogP contribution in [0.2, 0.25) is 0 Å². The lowest BCUT2D eigenvalue weighted by Crippen LogP contribution is -2.44. The number of benzene rings is 1. The monoisotopic (exact) mass is 325 g/mol. The number of methoxy groups -OCH3 is 1. The second-order valence-corrected chi connectivity index (χ2v) is 5.82. The van der Waals surface area contributed by atoms with Crippen molar-refractivity contribution < 1.29 is 28.2 Å². The first kappa shape index (κ1) is 18.6. The molecule has 6 nitrogen and oxygen atoms in total. The van der Waals surface area contributed by atoms with Gasteiger partial charge in [0.1, 0.15) is 17.5 Å². The van der Waals surface area contributed by atoms with Crippen molar-refractivity contribution in [3.05, 3.63) is 35.6 Å². The van der Waals surface area contributed by atoms with E-state index < -0.39 is 41.7 Å². The Morgan fingerprint density at radius 1 is 1.22 bits per heavy atom. The summed E-state index contributed by atoms with van der Waals surface area (Å²) in [6, 6.07) is 4.05. The first-order valence-electron chi connectivity index (χ1n) is 6.99. The number of amides is 1. The van der Waals surface area contributed by atoms with Crippen LogP contribution in [0, 0.1) is 5.82 Å². The Bertz CT molecular complexity index is 594. The average Bonchev–Trinajstić information content (AvgIpc) is 2.44. The van der Waals surface area contributed by atoms with Crippen molar-refractivity contribution in [3.8, 4) is 0 Å². The first-order chi connectivity index (χ1) is 10.6. The summed E-state index contributed by atoms with van der Waals surface area (Å²) in [5.74, 6) is -3.05. The zero-order chi connectivity index (χ0) is 17.6. The van der Waals surface area contributed by atoms with Crippen molar-refractivity contribution in [3.63, 3.8) is 0 Å². The van der Waals surface area contributed by atoms with E-state index in [-0.39, 0.29) is 5.56 Å². The van der Waals surface area contributed by atoms with E-state index in [1.54, 1.807) is 20.8 Å². The van der Waals surface area contributed by atoms with Crippen LogP contribution >= 0.6 is 0 Å². The zero-order valence-electron chi connectivity index (χ0n) is 13.5. The molecular weight excluding hydrogens is 305 g/mol. The van der Waals surface area contributed by atoms with Gasteiger partial charge in [0.2, 0.25) is 0 Å². The smallest absolute Gasteiger partial charge is 0.328 e. The third kappa shape index (κ3) is 6.06. The van der Waals surface area contributed by atoms with Gasteiger partial charge in [-0.15, -0.1) is 0 Å². The molecule has 1 amide bonds. The van der Waals surface area contributed by atoms with Crippen molar-refractivity contribution in [2.24, 2.45) is 0 Å². The van der Waals surface area contributed by atoms with E-state index in [9.17, 15) is 18.8 Å². The molecule has 1 aromatic carbocycles. The lowest BCUT2D eigenvalue weighted by atomic mass is 10.1. The second-order valence-electron chi connectivity index (χ2n) is 5.82. The van der Waals surface area contributed by atoms with E-state index in [1.165, 1.54) is 18.2 Å². The lowest BCUT2D eigenvalue weighted by molar-refractivity contribution is -0.158. The van der Waals surface area contributed by atoms with Crippen molar-refractivity contribution in [2.45, 2.75) is 38.8 Å². The van der Waals surface area contributed by atoms with Crippen LogP contribution in [0.15, 0.2) is 24.3 Å². The van der Waals surface area contributed by atoms with Gasteiger partial charge in [0.05, 0.1) is 19.1 Å². The van der Waals surface area contributed by atoms with Crippen molar-refractivity contribution >= 4 is 17.8 Å². The number of hydrogen-bond donors (Lipinski definition) is 1. The fraction of sp³-hybridized carbons (Fsp3) is 0.438. The molecule has 0 aliphatic carbocycles. The van der Waals surface area contributed by atoms with Gasteiger partial charge in [0.25, 0.3) is 5.91 Å². The molecule has 1 rings (SSSR count). The van der Waals surface area contributed by atoms with Gasteiger partial charge >= 0.3 is 11.9 Å². The van der Waals surface area contributed by atoms with Crippen LogP contribution in [0.4, 0.5) is 4.39 Å². The minimum Gasteiger partial charge on any atom is -0.467 e. The Morgan fingerprint density at radius 3 is 2.35 bits per heavy atom. The van der Waals surface area contributed by atoms with Crippen molar-refractivity contribution in [1.82, 2.24) is 5.32 Å². The molecule has 1 N–H and O–H groups in total. The highest BCUT2D eigenvalue weighted by molar-refractivity contribution is 5.97. The summed E-state index contributed by atoms with van der Waals surface area (Å²) in [6.07, 6.45) is -0.413. The molecule has 1 atom stereocenters. The van der Waals surface area contributed by atoms with Crippen LogP contribution < -0.4 is 5.32 Å². The number of halogens is 1. The Hall–Kier alpha value is -2.44. The van der Waals surface area contributed by atoms with Gasteiger partial charge in [-0.2, -0.15) is 0 Å². The molecule has 1 aromatic rings. The normalized spacial score (nSPS) is 12.2. The SMILES string of the molecule is COC(=O)[C@@H](CC(=O)OC(C)(C)C)NC(=O)c1ccccc1F. The highest BCUT2D eigenvalue weighted by atomic mass is 19.1. The molecule has 0 unspecified atom stereocenters. The molecule has 0 heterocycles. The van der Waals surface area contributed by atoms with Crippen LogP contribution in [-0.4, -0.2) is 36.6 Å². The molecule has 23 heavy (non-hydrogen) atoms. The number of nitrogens with one attached hydrogen (secondary N) is 1. The van der Waals surface area contributed by atoms with Crippen molar-refractivity contribution in [2.75, 3.05) is 7.11 Å². The fourth-order valence-corrected chi connectivity index (χ4v) is 1.77. The molecule has 7 heteroatoms. The molecular formula is C16H20FNO5. The number of esters is 2. The van der Waals surface area contributed by atoms with Crippen LogP contribution in [0.3, 0.4) is 0 Å². The van der Waals surface area contributed by atoms with Gasteiger partial charge in [-0.05, 0) is 32.9 Å². The molecule has 126 valence electrons.